The van der Waals surface area contributed by atoms with Crippen LogP contribution in [0.1, 0.15) is 36.0 Å². The van der Waals surface area contributed by atoms with Gasteiger partial charge in [0.15, 0.2) is 0 Å². The van der Waals surface area contributed by atoms with Crippen LogP contribution in [-0.2, 0) is 0 Å². The molecule has 23 heavy (non-hydrogen) atoms. The number of nitrogens with one attached hydrogen (secondary N) is 2. The summed E-state index contributed by atoms with van der Waals surface area (Å²) in [7, 11) is 0. The van der Waals surface area contributed by atoms with Gasteiger partial charge in [-0.25, -0.2) is 4.98 Å². The molecule has 0 radical (unpaired) electrons. The summed E-state index contributed by atoms with van der Waals surface area (Å²) in [4.78, 5) is 18.9. The molecule has 2 N–H and O–H groups in total. The zero-order chi connectivity index (χ0) is 14.5. The minimum Gasteiger partial charge on any atom is -0.357 e. The monoisotopic (exact) mass is 360 g/mol. The second-order valence-electron chi connectivity index (χ2n) is 6.04. The molecule has 2 saturated heterocycles. The lowest BCUT2D eigenvalue weighted by Gasteiger charge is -2.27. The van der Waals surface area contributed by atoms with Gasteiger partial charge in [0.2, 0.25) is 0 Å². The van der Waals surface area contributed by atoms with Crippen LogP contribution in [0.4, 0.5) is 5.82 Å². The van der Waals surface area contributed by atoms with E-state index in [1.807, 2.05) is 12.1 Å². The molecule has 0 atom stereocenters. The fraction of sp³-hybridized carbons (Fsp3) is 0.625. The highest BCUT2D eigenvalue weighted by Crippen LogP contribution is 2.17. The summed E-state index contributed by atoms with van der Waals surface area (Å²) in [5.41, 5.74) is 0.654. The summed E-state index contributed by atoms with van der Waals surface area (Å²) in [5.74, 6) is 1.56. The van der Waals surface area contributed by atoms with Crippen LogP contribution in [-0.4, -0.2) is 43.6 Å². The fourth-order valence-corrected chi connectivity index (χ4v) is 2.84. The van der Waals surface area contributed by atoms with Gasteiger partial charge in [0.25, 0.3) is 5.91 Å². The normalized spacial score (nSPS) is 18.0. The highest BCUT2D eigenvalue weighted by molar-refractivity contribution is 5.94. The first-order valence-corrected chi connectivity index (χ1v) is 8.03. The number of anilines is 1. The average Bonchev–Trinajstić information content (AvgIpc) is 2.75. The molecule has 2 aliphatic rings. The number of carbonyl (C=O) groups is 1. The van der Waals surface area contributed by atoms with E-state index >= 15 is 0 Å². The lowest BCUT2D eigenvalue weighted by Crippen LogP contribution is -2.48. The third-order valence-electron chi connectivity index (χ3n) is 4.36. The predicted molar refractivity (Wildman–Crippen MR) is 98.1 cm³/mol. The maximum Gasteiger partial charge on any atom is 0.252 e. The Bertz CT molecular complexity index is 471. The van der Waals surface area contributed by atoms with Gasteiger partial charge in [-0.3, -0.25) is 4.79 Å². The zero-order valence-electron chi connectivity index (χ0n) is 13.3. The van der Waals surface area contributed by atoms with Gasteiger partial charge >= 0.3 is 0 Å². The number of hydrogen-bond acceptors (Lipinski definition) is 4. The molecule has 7 heteroatoms. The highest BCUT2D eigenvalue weighted by atomic mass is 35.5. The smallest absolute Gasteiger partial charge is 0.252 e. The highest BCUT2D eigenvalue weighted by Gasteiger charge is 2.18. The van der Waals surface area contributed by atoms with Crippen molar-refractivity contribution in [1.29, 1.82) is 0 Å². The Kier molecular flexibility index (Phi) is 8.66. The number of aromatic nitrogens is 1. The Morgan fingerprint density at radius 3 is 2.39 bits per heavy atom. The van der Waals surface area contributed by atoms with E-state index in [1.54, 1.807) is 6.20 Å². The van der Waals surface area contributed by atoms with Crippen molar-refractivity contribution in [2.24, 2.45) is 5.92 Å². The molecule has 3 rings (SSSR count). The topological polar surface area (TPSA) is 57.3 Å². The van der Waals surface area contributed by atoms with E-state index in [2.05, 4.69) is 20.5 Å². The van der Waals surface area contributed by atoms with Crippen LogP contribution in [0.5, 0.6) is 0 Å². The molecule has 1 aromatic heterocycles. The number of rotatable bonds is 4. The summed E-state index contributed by atoms with van der Waals surface area (Å²) < 4.78 is 0. The van der Waals surface area contributed by atoms with Gasteiger partial charge in [0.1, 0.15) is 5.82 Å². The number of halogens is 2. The van der Waals surface area contributed by atoms with Gasteiger partial charge in [-0.15, -0.1) is 24.8 Å². The van der Waals surface area contributed by atoms with E-state index < -0.39 is 0 Å². The maximum atomic E-state index is 12.0. The van der Waals surface area contributed by atoms with Crippen LogP contribution < -0.4 is 15.5 Å². The first-order chi connectivity index (χ1) is 10.3. The largest absolute Gasteiger partial charge is 0.357 e. The van der Waals surface area contributed by atoms with Crippen LogP contribution in [0.2, 0.25) is 0 Å². The van der Waals surface area contributed by atoms with E-state index in [-0.39, 0.29) is 30.7 Å². The number of hydrogen-bond donors (Lipinski definition) is 2. The Hall–Kier alpha value is -1.04. The van der Waals surface area contributed by atoms with Gasteiger partial charge in [-0.1, -0.05) is 12.8 Å². The van der Waals surface area contributed by atoms with Crippen molar-refractivity contribution >= 4 is 36.5 Å². The van der Waals surface area contributed by atoms with E-state index in [9.17, 15) is 4.79 Å². The molecule has 1 aromatic rings. The third-order valence-corrected chi connectivity index (χ3v) is 4.36. The van der Waals surface area contributed by atoms with Crippen LogP contribution in [0, 0.1) is 5.92 Å². The summed E-state index contributed by atoms with van der Waals surface area (Å²) in [6, 6.07) is 3.87. The maximum absolute atomic E-state index is 12.0. The first-order valence-electron chi connectivity index (χ1n) is 8.03. The van der Waals surface area contributed by atoms with Crippen molar-refractivity contribution < 1.29 is 4.79 Å². The van der Waals surface area contributed by atoms with Crippen molar-refractivity contribution in [3.05, 3.63) is 23.9 Å². The van der Waals surface area contributed by atoms with Crippen molar-refractivity contribution in [2.45, 2.75) is 25.7 Å². The van der Waals surface area contributed by atoms with E-state index in [0.29, 0.717) is 11.5 Å². The molecule has 0 aliphatic carbocycles. The summed E-state index contributed by atoms with van der Waals surface area (Å²) in [5, 5.41) is 6.18. The van der Waals surface area contributed by atoms with Gasteiger partial charge in [0, 0.05) is 44.8 Å². The van der Waals surface area contributed by atoms with Crippen molar-refractivity contribution in [1.82, 2.24) is 15.6 Å². The van der Waals surface area contributed by atoms with Crippen LogP contribution >= 0.6 is 24.8 Å². The number of carbonyl (C=O) groups excluding carboxylic acids is 1. The van der Waals surface area contributed by atoms with Crippen LogP contribution in [0.25, 0.3) is 0 Å². The quantitative estimate of drug-likeness (QED) is 0.864. The number of nitrogens with zero attached hydrogens (tertiary/aromatic N) is 2. The van der Waals surface area contributed by atoms with Crippen LogP contribution in [0.15, 0.2) is 18.3 Å². The summed E-state index contributed by atoms with van der Waals surface area (Å²) >= 11 is 0. The van der Waals surface area contributed by atoms with Crippen molar-refractivity contribution in [3.8, 4) is 0 Å². The molecule has 0 bridgehead atoms. The second kappa shape index (κ2) is 9.96. The lowest BCUT2D eigenvalue weighted by molar-refractivity contribution is 0.0942. The van der Waals surface area contributed by atoms with Gasteiger partial charge in [0.05, 0.1) is 5.56 Å². The molecular formula is C16H26Cl2N4O. The van der Waals surface area contributed by atoms with E-state index in [0.717, 1.165) is 38.5 Å². The minimum absolute atomic E-state index is 0. The summed E-state index contributed by atoms with van der Waals surface area (Å²) in [6.07, 6.45) is 6.80. The zero-order valence-corrected chi connectivity index (χ0v) is 14.9. The number of amides is 1. The van der Waals surface area contributed by atoms with E-state index in [4.69, 9.17) is 0 Å². The molecule has 1 amide bonds. The molecule has 0 aromatic carbocycles. The predicted octanol–water partition coefficient (Wildman–Crippen LogP) is 2.25. The lowest BCUT2D eigenvalue weighted by atomic mass is 10.0. The minimum atomic E-state index is -0.0168. The molecule has 130 valence electrons. The van der Waals surface area contributed by atoms with Crippen molar-refractivity contribution in [3.63, 3.8) is 0 Å². The molecule has 5 nitrogen and oxygen atoms in total. The Labute approximate surface area is 150 Å². The molecule has 2 aliphatic heterocycles. The molecule has 0 unspecified atom stereocenters. The van der Waals surface area contributed by atoms with E-state index in [1.165, 1.54) is 25.7 Å². The Balaban J connectivity index is 0.00000132. The van der Waals surface area contributed by atoms with Gasteiger partial charge < -0.3 is 15.5 Å². The third kappa shape index (κ3) is 5.52. The van der Waals surface area contributed by atoms with Gasteiger partial charge in [-0.2, -0.15) is 0 Å². The fourth-order valence-electron chi connectivity index (χ4n) is 2.84. The molecule has 0 saturated carbocycles. The Morgan fingerprint density at radius 1 is 1.17 bits per heavy atom. The standard InChI is InChI=1S/C16H24N4O.2ClH/c21-16(19-11-13-9-17-10-13)14-5-6-15(18-12-14)20-7-3-1-2-4-8-20;;/h5-6,12-13,17H,1-4,7-11H2,(H,19,21);2*1H. The Morgan fingerprint density at radius 2 is 1.87 bits per heavy atom. The first kappa shape index (κ1) is 20.0. The van der Waals surface area contributed by atoms with Crippen LogP contribution in [0.3, 0.4) is 0 Å². The molecule has 2 fully saturated rings. The van der Waals surface area contributed by atoms with Gasteiger partial charge in [-0.05, 0) is 25.0 Å². The van der Waals surface area contributed by atoms with Crippen molar-refractivity contribution in [2.75, 3.05) is 37.6 Å². The number of pyridine rings is 1. The SMILES string of the molecule is Cl.Cl.O=C(NCC1CNC1)c1ccc(N2CCCCCC2)nc1. The molecule has 3 heterocycles. The molecular weight excluding hydrogens is 335 g/mol. The average molecular weight is 361 g/mol. The second-order valence-corrected chi connectivity index (χ2v) is 6.04. The molecule has 0 spiro atoms. The summed E-state index contributed by atoms with van der Waals surface area (Å²) in [6.45, 7) is 4.92.